The Morgan fingerprint density at radius 3 is 2.56 bits per heavy atom. The van der Waals surface area contributed by atoms with Crippen LogP contribution in [0.2, 0.25) is 0 Å². The fourth-order valence-corrected chi connectivity index (χ4v) is 11.6. The molecule has 0 amide bonds. The van der Waals surface area contributed by atoms with Gasteiger partial charge in [-0.2, -0.15) is 0 Å². The van der Waals surface area contributed by atoms with Crippen LogP contribution in [0.25, 0.3) is 0 Å². The summed E-state index contributed by atoms with van der Waals surface area (Å²) < 4.78 is 0. The molecule has 1 heteroatoms. The van der Waals surface area contributed by atoms with Crippen molar-refractivity contribution in [3.8, 4) is 0 Å². The Kier molecular flexibility index (Phi) is 5.96. The van der Waals surface area contributed by atoms with E-state index in [4.69, 9.17) is 0 Å². The molecule has 4 bridgehead atoms. The summed E-state index contributed by atoms with van der Waals surface area (Å²) >= 11 is 0. The minimum atomic E-state index is 0.0564. The van der Waals surface area contributed by atoms with Crippen molar-refractivity contribution in [2.45, 2.75) is 103 Å². The van der Waals surface area contributed by atoms with Crippen LogP contribution in [0.15, 0.2) is 23.3 Å². The molecule has 0 aromatic rings. The quantitative estimate of drug-likeness (QED) is 0.330. The summed E-state index contributed by atoms with van der Waals surface area (Å²) in [4.78, 5) is 0. The fourth-order valence-electron chi connectivity index (χ4n) is 7.26. The van der Waals surface area contributed by atoms with Crippen molar-refractivity contribution in [1.29, 1.82) is 0 Å². The summed E-state index contributed by atoms with van der Waals surface area (Å²) in [5.41, 5.74) is 4.68. The Labute approximate surface area is 170 Å². The Bertz CT molecular complexity index is 593. The predicted molar refractivity (Wildman–Crippen MR) is 122 cm³/mol. The molecule has 2 saturated carbocycles. The first-order valence-electron chi connectivity index (χ1n) is 12.1. The lowest BCUT2D eigenvalue weighted by Crippen LogP contribution is -2.43. The number of fused-ring (bicyclic) bond motifs is 6. The van der Waals surface area contributed by atoms with Gasteiger partial charge in [0.15, 0.2) is 0 Å². The van der Waals surface area contributed by atoms with Gasteiger partial charge in [0.05, 0.1) is 0 Å². The molecule has 0 aromatic heterocycles. The number of hydrogen-bond acceptors (Lipinski definition) is 0. The maximum absolute atomic E-state index is 2.85. The van der Waals surface area contributed by atoms with E-state index < -0.39 is 0 Å². The maximum atomic E-state index is 2.85. The van der Waals surface area contributed by atoms with Crippen molar-refractivity contribution >= 4 is 7.92 Å². The van der Waals surface area contributed by atoms with Gasteiger partial charge >= 0.3 is 0 Å². The normalized spacial score (nSPS) is 45.1. The zero-order chi connectivity index (χ0) is 19.2. The number of allylic oxidation sites excluding steroid dienone is 4. The van der Waals surface area contributed by atoms with Crippen LogP contribution in [0.4, 0.5) is 0 Å². The minimum absolute atomic E-state index is 0.0564. The maximum Gasteiger partial charge on any atom is 0.00661 e. The van der Waals surface area contributed by atoms with Gasteiger partial charge in [-0.3, -0.25) is 0 Å². The van der Waals surface area contributed by atoms with E-state index in [1.165, 1.54) is 63.9 Å². The van der Waals surface area contributed by atoms with Crippen LogP contribution in [-0.4, -0.2) is 17.0 Å². The van der Waals surface area contributed by atoms with E-state index in [9.17, 15) is 0 Å². The Morgan fingerprint density at radius 2 is 1.81 bits per heavy atom. The molecule has 7 atom stereocenters. The number of hydrogen-bond donors (Lipinski definition) is 0. The second kappa shape index (κ2) is 7.97. The number of rotatable bonds is 5. The van der Waals surface area contributed by atoms with Gasteiger partial charge in [0, 0.05) is 10.8 Å². The molecule has 0 spiro atoms. The van der Waals surface area contributed by atoms with Crippen molar-refractivity contribution in [2.75, 3.05) is 6.16 Å². The van der Waals surface area contributed by atoms with Gasteiger partial charge in [-0.25, -0.2) is 0 Å². The van der Waals surface area contributed by atoms with Crippen LogP contribution in [-0.2, 0) is 0 Å². The third-order valence-corrected chi connectivity index (χ3v) is 12.0. The van der Waals surface area contributed by atoms with Gasteiger partial charge in [0.2, 0.25) is 0 Å². The molecule has 27 heavy (non-hydrogen) atoms. The van der Waals surface area contributed by atoms with Crippen LogP contribution in [0, 0.1) is 29.6 Å². The summed E-state index contributed by atoms with van der Waals surface area (Å²) in [6, 6.07) is 0. The van der Waals surface area contributed by atoms with E-state index in [2.05, 4.69) is 46.8 Å². The first kappa shape index (κ1) is 20.2. The van der Waals surface area contributed by atoms with Crippen LogP contribution >= 0.6 is 7.92 Å². The Hall–Kier alpha value is -0.0900. The van der Waals surface area contributed by atoms with Crippen molar-refractivity contribution in [3.63, 3.8) is 0 Å². The fraction of sp³-hybridized carbons (Fsp3) is 0.846. The predicted octanol–water partition coefficient (Wildman–Crippen LogP) is 8.17. The van der Waals surface area contributed by atoms with E-state index in [0.29, 0.717) is 5.16 Å². The number of unbranched alkanes of at least 4 members (excludes halogenated alkanes) is 1. The first-order chi connectivity index (χ1) is 12.9. The smallest absolute Gasteiger partial charge is 0.00661 e. The van der Waals surface area contributed by atoms with Crippen molar-refractivity contribution in [3.05, 3.63) is 23.3 Å². The van der Waals surface area contributed by atoms with Crippen LogP contribution in [0.3, 0.4) is 0 Å². The summed E-state index contributed by atoms with van der Waals surface area (Å²) in [7, 11) is 0.0564. The molecule has 0 aromatic carbocycles. The minimum Gasteiger partial charge on any atom is -0.0890 e. The molecular weight excluding hydrogens is 343 g/mol. The van der Waals surface area contributed by atoms with Crippen molar-refractivity contribution < 1.29 is 0 Å². The zero-order valence-electron chi connectivity index (χ0n) is 18.6. The largest absolute Gasteiger partial charge is 0.0890 e. The van der Waals surface area contributed by atoms with Gasteiger partial charge in [-0.15, -0.1) is 0 Å². The van der Waals surface area contributed by atoms with Crippen molar-refractivity contribution in [1.82, 2.24) is 0 Å². The molecule has 0 heterocycles. The molecule has 0 aliphatic heterocycles. The average molecular weight is 387 g/mol. The molecule has 152 valence electrons. The lowest BCUT2D eigenvalue weighted by molar-refractivity contribution is 0.277. The lowest BCUT2D eigenvalue weighted by Gasteiger charge is -2.54. The first-order valence-corrected chi connectivity index (χ1v) is 13.7. The lowest BCUT2D eigenvalue weighted by atomic mass is 9.69. The third kappa shape index (κ3) is 4.13. The molecule has 5 aliphatic carbocycles. The van der Waals surface area contributed by atoms with Gasteiger partial charge in [-0.05, 0) is 87.1 Å². The SMILES string of the molecule is CCCCP(C1C2=CC(C)CC(C)CC1C2)C1(C)C=C2CC(C2)CC(C)C1. The molecule has 0 nitrogen and oxygen atoms in total. The standard InChI is InChI=1S/C26H43P/c1-6-7-8-27(25-23-11-18(2)9-19(3)12-24(25)15-23)26(5)16-20(4)10-21-13-22(14-21)17-26/h11,17-21,24-25H,6-10,12-16H2,1-5H3. The zero-order valence-corrected chi connectivity index (χ0v) is 19.5. The van der Waals surface area contributed by atoms with Gasteiger partial charge in [0.25, 0.3) is 0 Å². The second-order valence-electron chi connectivity index (χ2n) is 11.2. The Morgan fingerprint density at radius 1 is 1.04 bits per heavy atom. The highest BCUT2D eigenvalue weighted by molar-refractivity contribution is 7.60. The Balaban J connectivity index is 1.66. The molecule has 5 rings (SSSR count). The van der Waals surface area contributed by atoms with E-state index in [1.54, 1.807) is 0 Å². The van der Waals surface area contributed by atoms with Crippen molar-refractivity contribution in [2.24, 2.45) is 29.6 Å². The summed E-state index contributed by atoms with van der Waals surface area (Å²) in [5.74, 6) is 4.67. The molecular formula is C26H43P. The molecule has 0 N–H and O–H groups in total. The molecule has 2 fully saturated rings. The third-order valence-electron chi connectivity index (χ3n) is 8.16. The van der Waals surface area contributed by atoms with Crippen LogP contribution < -0.4 is 0 Å². The van der Waals surface area contributed by atoms with Gasteiger partial charge in [-0.1, -0.05) is 72.3 Å². The average Bonchev–Trinajstić information content (AvgIpc) is 2.51. The monoisotopic (exact) mass is 386 g/mol. The highest BCUT2D eigenvalue weighted by Gasteiger charge is 2.49. The summed E-state index contributed by atoms with van der Waals surface area (Å²) in [6.07, 6.45) is 20.1. The summed E-state index contributed by atoms with van der Waals surface area (Å²) in [5, 5.41) is 0.499. The van der Waals surface area contributed by atoms with Crippen LogP contribution in [0.1, 0.15) is 92.4 Å². The van der Waals surface area contributed by atoms with E-state index in [0.717, 1.165) is 35.2 Å². The highest BCUT2D eigenvalue weighted by atomic mass is 31.1. The topological polar surface area (TPSA) is 0 Å². The van der Waals surface area contributed by atoms with E-state index in [-0.39, 0.29) is 7.92 Å². The van der Waals surface area contributed by atoms with E-state index in [1.807, 2.05) is 11.1 Å². The molecule has 7 unspecified atom stereocenters. The molecule has 0 saturated heterocycles. The van der Waals surface area contributed by atoms with Gasteiger partial charge < -0.3 is 0 Å². The van der Waals surface area contributed by atoms with E-state index >= 15 is 0 Å². The highest BCUT2D eigenvalue weighted by Crippen LogP contribution is 2.68. The van der Waals surface area contributed by atoms with Gasteiger partial charge in [0.1, 0.15) is 0 Å². The van der Waals surface area contributed by atoms with Crippen LogP contribution in [0.5, 0.6) is 0 Å². The molecule has 5 aliphatic rings. The second-order valence-corrected chi connectivity index (χ2v) is 14.2. The summed E-state index contributed by atoms with van der Waals surface area (Å²) in [6.45, 7) is 12.7. The molecule has 0 radical (unpaired) electrons.